The van der Waals surface area contributed by atoms with Gasteiger partial charge in [-0.25, -0.2) is 0 Å². The van der Waals surface area contributed by atoms with Gasteiger partial charge < -0.3 is 4.74 Å². The van der Waals surface area contributed by atoms with E-state index in [1.54, 1.807) is 0 Å². The molecule has 2 aromatic rings. The summed E-state index contributed by atoms with van der Waals surface area (Å²) in [6.45, 7) is 17.5. The minimum absolute atomic E-state index is 0.0175. The Morgan fingerprint density at radius 2 is 1.25 bits per heavy atom. The first-order valence-corrected chi connectivity index (χ1v) is 12.9. The molecule has 169 valence electrons. The molecule has 0 amide bonds. The van der Waals surface area contributed by atoms with Crippen LogP contribution in [0, 0.1) is 63.7 Å². The predicted molar refractivity (Wildman–Crippen MR) is 137 cm³/mol. The van der Waals surface area contributed by atoms with Crippen LogP contribution in [0.1, 0.15) is 49.9 Å². The number of hydrogen-bond acceptors (Lipinski definition) is 2. The first kappa shape index (κ1) is 25.0. The minimum Gasteiger partial charge on any atom is -0.465 e. The van der Waals surface area contributed by atoms with Crippen LogP contribution < -0.4 is 10.6 Å². The lowest BCUT2D eigenvalue weighted by Gasteiger charge is -2.25. The van der Waals surface area contributed by atoms with Crippen LogP contribution in [0.2, 0.25) is 0 Å². The van der Waals surface area contributed by atoms with Crippen molar-refractivity contribution in [1.82, 2.24) is 0 Å². The minimum atomic E-state index is -0.613. The molecule has 0 aromatic heterocycles. The van der Waals surface area contributed by atoms with Crippen molar-refractivity contribution in [2.45, 2.75) is 55.4 Å². The topological polar surface area (TPSA) is 26.3 Å². The van der Waals surface area contributed by atoms with Gasteiger partial charge in [0, 0.05) is 6.16 Å². The Morgan fingerprint density at radius 3 is 1.66 bits per heavy atom. The van der Waals surface area contributed by atoms with Gasteiger partial charge in [0.05, 0.1) is 12.5 Å². The van der Waals surface area contributed by atoms with E-state index in [4.69, 9.17) is 4.74 Å². The normalized spacial score (nSPS) is 16.2. The van der Waals surface area contributed by atoms with E-state index in [0.717, 1.165) is 12.1 Å². The zero-order valence-electron chi connectivity index (χ0n) is 20.8. The fraction of sp³-hybridized carbons (Fsp3) is 0.379. The lowest BCUT2D eigenvalue weighted by molar-refractivity contribution is -0.140. The zero-order valence-corrected chi connectivity index (χ0v) is 21.7. The number of carbonyl (C=O) groups excluding carboxylic acids is 1. The second-order valence-corrected chi connectivity index (χ2v) is 12.4. The Kier molecular flexibility index (Phi) is 7.87. The Hall–Kier alpha value is -1.66. The monoisotopic (exact) mass is 447 g/mol. The van der Waals surface area contributed by atoms with Crippen LogP contribution in [-0.4, -0.2) is 18.7 Å². The SMILES string of the molecule is C[C]1[CH][C](C(C)(C)C)[CH][C]1C(=O)OCCP(c1cc(C)cc(C)c1)c1cc(C)cc(C)c1. The second-order valence-electron chi connectivity index (χ2n) is 10.1. The summed E-state index contributed by atoms with van der Waals surface area (Å²) in [5.74, 6) is 2.64. The molecule has 5 radical (unpaired) electrons. The van der Waals surface area contributed by atoms with Crippen molar-refractivity contribution in [3.63, 3.8) is 0 Å². The third-order valence-corrected chi connectivity index (χ3v) is 8.16. The van der Waals surface area contributed by atoms with Gasteiger partial charge in [0.2, 0.25) is 0 Å². The van der Waals surface area contributed by atoms with E-state index < -0.39 is 7.92 Å². The molecule has 1 aliphatic carbocycles. The number of aryl methyl sites for hydroxylation is 4. The molecule has 3 heteroatoms. The average molecular weight is 448 g/mol. The molecule has 1 aliphatic rings. The highest BCUT2D eigenvalue weighted by Gasteiger charge is 2.43. The van der Waals surface area contributed by atoms with Crippen LogP contribution in [0.15, 0.2) is 36.4 Å². The molecule has 1 saturated carbocycles. The van der Waals surface area contributed by atoms with Gasteiger partial charge in [-0.15, -0.1) is 0 Å². The van der Waals surface area contributed by atoms with Crippen LogP contribution >= 0.6 is 7.92 Å². The highest BCUT2D eigenvalue weighted by atomic mass is 31.1. The van der Waals surface area contributed by atoms with Crippen LogP contribution in [0.3, 0.4) is 0 Å². The standard InChI is InChI=1S/C29H36O2P/c1-19-11-20(2)14-25(13-19)32(26-15-21(3)12-22(4)16-26)10-9-31-28(30)27-18-24(17-23(27)5)29(6,7)8/h11-18H,9-10H2,1-8H3. The van der Waals surface area contributed by atoms with Crippen LogP contribution in [-0.2, 0) is 9.53 Å². The molecule has 32 heavy (non-hydrogen) atoms. The lowest BCUT2D eigenvalue weighted by atomic mass is 9.79. The Labute approximate surface area is 196 Å². The number of benzene rings is 2. The molecular formula is C29H36O2P. The molecule has 0 N–H and O–H groups in total. The van der Waals surface area contributed by atoms with Crippen molar-refractivity contribution < 1.29 is 9.53 Å². The number of esters is 1. The number of hydrogen-bond donors (Lipinski definition) is 0. The molecule has 0 bridgehead atoms. The summed E-state index contributed by atoms with van der Waals surface area (Å²) in [4.78, 5) is 12.9. The van der Waals surface area contributed by atoms with Gasteiger partial charge in [-0.3, -0.25) is 4.79 Å². The van der Waals surface area contributed by atoms with E-state index in [2.05, 4.69) is 91.3 Å². The predicted octanol–water partition coefficient (Wildman–Crippen LogP) is 6.11. The molecule has 3 rings (SSSR count). The Balaban J connectivity index is 1.74. The smallest absolute Gasteiger partial charge is 0.314 e. The molecule has 2 nitrogen and oxygen atoms in total. The number of ether oxygens (including phenoxy) is 1. The van der Waals surface area contributed by atoms with Gasteiger partial charge in [-0.2, -0.15) is 0 Å². The van der Waals surface area contributed by atoms with Gasteiger partial charge in [0.1, 0.15) is 0 Å². The van der Waals surface area contributed by atoms with Gasteiger partial charge in [0.15, 0.2) is 0 Å². The average Bonchev–Trinajstić information content (AvgIpc) is 3.05. The fourth-order valence-corrected chi connectivity index (χ4v) is 6.73. The number of carbonyl (C=O) groups is 1. The third kappa shape index (κ3) is 6.22. The summed E-state index contributed by atoms with van der Waals surface area (Å²) in [5.41, 5.74) is 5.11. The Bertz CT molecular complexity index is 864. The maximum Gasteiger partial charge on any atom is 0.314 e. The molecule has 0 spiro atoms. The third-order valence-electron chi connectivity index (χ3n) is 5.77. The van der Waals surface area contributed by atoms with Crippen molar-refractivity contribution in [1.29, 1.82) is 0 Å². The van der Waals surface area contributed by atoms with Crippen LogP contribution in [0.5, 0.6) is 0 Å². The van der Waals surface area contributed by atoms with Crippen molar-refractivity contribution >= 4 is 24.5 Å². The van der Waals surface area contributed by atoms with E-state index in [1.807, 2.05) is 13.3 Å². The highest BCUT2D eigenvalue weighted by Crippen LogP contribution is 2.48. The summed E-state index contributed by atoms with van der Waals surface area (Å²) in [6, 6.07) is 13.6. The van der Waals surface area contributed by atoms with Crippen molar-refractivity contribution in [2.75, 3.05) is 12.8 Å². The largest absolute Gasteiger partial charge is 0.465 e. The van der Waals surface area contributed by atoms with E-state index in [9.17, 15) is 4.79 Å². The van der Waals surface area contributed by atoms with Gasteiger partial charge in [0.25, 0.3) is 0 Å². The van der Waals surface area contributed by atoms with E-state index in [-0.39, 0.29) is 11.4 Å². The van der Waals surface area contributed by atoms with Crippen molar-refractivity contribution in [3.05, 3.63) is 89.2 Å². The van der Waals surface area contributed by atoms with Crippen molar-refractivity contribution in [2.24, 2.45) is 5.41 Å². The molecule has 0 aliphatic heterocycles. The van der Waals surface area contributed by atoms with Crippen LogP contribution in [0.25, 0.3) is 0 Å². The summed E-state index contributed by atoms with van der Waals surface area (Å²) in [5, 5.41) is 2.69. The summed E-state index contributed by atoms with van der Waals surface area (Å²) >= 11 is 0. The molecule has 0 unspecified atom stereocenters. The highest BCUT2D eigenvalue weighted by molar-refractivity contribution is 7.73. The summed E-state index contributed by atoms with van der Waals surface area (Å²) in [7, 11) is -0.613. The van der Waals surface area contributed by atoms with Crippen molar-refractivity contribution in [3.8, 4) is 0 Å². The molecule has 1 fully saturated rings. The summed E-state index contributed by atoms with van der Waals surface area (Å²) in [6.07, 6.45) is 4.92. The fourth-order valence-electron chi connectivity index (χ4n) is 4.20. The van der Waals surface area contributed by atoms with Gasteiger partial charge in [-0.1, -0.05) is 86.3 Å². The van der Waals surface area contributed by atoms with E-state index >= 15 is 0 Å². The molecule has 0 atom stereocenters. The van der Waals surface area contributed by atoms with E-state index in [0.29, 0.717) is 12.5 Å². The van der Waals surface area contributed by atoms with Gasteiger partial charge >= 0.3 is 5.97 Å². The second kappa shape index (κ2) is 10.1. The molecule has 2 aromatic carbocycles. The first-order valence-electron chi connectivity index (χ1n) is 11.3. The number of rotatable bonds is 6. The molecule has 0 heterocycles. The first-order chi connectivity index (χ1) is 14.9. The quantitative estimate of drug-likeness (QED) is 0.395. The summed E-state index contributed by atoms with van der Waals surface area (Å²) < 4.78 is 5.81. The maximum atomic E-state index is 12.9. The van der Waals surface area contributed by atoms with Crippen LogP contribution in [0.4, 0.5) is 0 Å². The van der Waals surface area contributed by atoms with E-state index in [1.165, 1.54) is 38.8 Å². The molecule has 0 saturated heterocycles. The molecular weight excluding hydrogens is 411 g/mol. The maximum absolute atomic E-state index is 12.9. The zero-order chi connectivity index (χ0) is 23.6. The lowest BCUT2D eigenvalue weighted by Crippen LogP contribution is -2.22. The van der Waals surface area contributed by atoms with Gasteiger partial charge in [-0.05, 0) is 76.3 Å². The Morgan fingerprint density at radius 1 is 0.781 bits per heavy atom.